The van der Waals surface area contributed by atoms with Crippen molar-refractivity contribution in [3.63, 3.8) is 0 Å². The highest BCUT2D eigenvalue weighted by Gasteiger charge is 2.40. The van der Waals surface area contributed by atoms with Crippen molar-refractivity contribution in [2.75, 3.05) is 19.6 Å². The Hall–Kier alpha value is -0.820. The van der Waals surface area contributed by atoms with E-state index in [4.69, 9.17) is 28.9 Å². The summed E-state index contributed by atoms with van der Waals surface area (Å²) in [6, 6.07) is 14.5. The van der Waals surface area contributed by atoms with Crippen molar-refractivity contribution in [2.45, 2.75) is 10.8 Å². The lowest BCUT2D eigenvalue weighted by Crippen LogP contribution is -2.30. The summed E-state index contributed by atoms with van der Waals surface area (Å²) in [5.41, 5.74) is 6.99. The van der Waals surface area contributed by atoms with Gasteiger partial charge in [-0.15, -0.1) is 12.4 Å². The quantitative estimate of drug-likeness (QED) is 0.817. The summed E-state index contributed by atoms with van der Waals surface area (Å²) in [7, 11) is -3.77. The molecule has 0 spiro atoms. The minimum Gasteiger partial charge on any atom is -0.330 e. The first kappa shape index (κ1) is 20.5. The molecule has 4 nitrogen and oxygen atoms in total. The zero-order chi connectivity index (χ0) is 17.3. The normalized spacial score (nSPS) is 21.1. The van der Waals surface area contributed by atoms with Gasteiger partial charge in [-0.2, -0.15) is 4.31 Å². The Kier molecular flexibility index (Phi) is 6.76. The average Bonchev–Trinajstić information content (AvgIpc) is 3.00. The van der Waals surface area contributed by atoms with Gasteiger partial charge in [0.05, 0.1) is 10.0 Å². The number of hydrogen-bond donors (Lipinski definition) is 1. The fourth-order valence-electron chi connectivity index (χ4n) is 3.20. The van der Waals surface area contributed by atoms with Crippen LogP contribution in [0, 0.1) is 5.92 Å². The number of hydrogen-bond acceptors (Lipinski definition) is 3. The van der Waals surface area contributed by atoms with Crippen LogP contribution < -0.4 is 5.73 Å². The molecule has 0 amide bonds. The van der Waals surface area contributed by atoms with E-state index in [-0.39, 0.29) is 39.2 Å². The van der Waals surface area contributed by atoms with Gasteiger partial charge in [0, 0.05) is 19.0 Å². The molecule has 1 saturated heterocycles. The lowest BCUT2D eigenvalue weighted by Gasteiger charge is -2.18. The highest BCUT2D eigenvalue weighted by Crippen LogP contribution is 2.38. The predicted molar refractivity (Wildman–Crippen MR) is 104 cm³/mol. The Labute approximate surface area is 164 Å². The third kappa shape index (κ3) is 3.97. The second kappa shape index (κ2) is 8.25. The van der Waals surface area contributed by atoms with Crippen LogP contribution in [0.5, 0.6) is 0 Å². The van der Waals surface area contributed by atoms with E-state index in [1.165, 1.54) is 16.4 Å². The molecule has 2 N–H and O–H groups in total. The Bertz CT molecular complexity index is 811. The SMILES string of the molecule is Cl.NC[C@@H]1CN(S(=O)(=O)c2c(Cl)cccc2Cl)C[C@H]1c1ccccc1. The lowest BCUT2D eigenvalue weighted by atomic mass is 9.89. The molecule has 0 saturated carbocycles. The summed E-state index contributed by atoms with van der Waals surface area (Å²) < 4.78 is 27.5. The molecule has 8 heteroatoms. The fraction of sp³-hybridized carbons (Fsp3) is 0.294. The minimum absolute atomic E-state index is 0. The molecule has 0 aliphatic carbocycles. The molecule has 1 aliphatic heterocycles. The first-order valence-corrected chi connectivity index (χ1v) is 9.84. The van der Waals surface area contributed by atoms with Gasteiger partial charge in [-0.1, -0.05) is 59.6 Å². The third-order valence-electron chi connectivity index (χ3n) is 4.45. The maximum atomic E-state index is 13.0. The first-order chi connectivity index (χ1) is 11.4. The Morgan fingerprint density at radius 1 is 1.00 bits per heavy atom. The van der Waals surface area contributed by atoms with Crippen molar-refractivity contribution in [3.05, 3.63) is 64.1 Å². The summed E-state index contributed by atoms with van der Waals surface area (Å²) in [5, 5.41) is 0.268. The molecular weight excluding hydrogens is 403 g/mol. The second-order valence-electron chi connectivity index (χ2n) is 5.89. The van der Waals surface area contributed by atoms with E-state index in [9.17, 15) is 8.42 Å². The van der Waals surface area contributed by atoms with Gasteiger partial charge < -0.3 is 5.73 Å². The van der Waals surface area contributed by atoms with Crippen LogP contribution in [-0.2, 0) is 10.0 Å². The van der Waals surface area contributed by atoms with Gasteiger partial charge in [-0.25, -0.2) is 8.42 Å². The highest BCUT2D eigenvalue weighted by molar-refractivity contribution is 7.89. The van der Waals surface area contributed by atoms with Crippen LogP contribution in [0.4, 0.5) is 0 Å². The molecule has 2 aromatic carbocycles. The zero-order valence-electron chi connectivity index (χ0n) is 13.3. The number of benzene rings is 2. The van der Waals surface area contributed by atoms with Crippen LogP contribution in [0.3, 0.4) is 0 Å². The standard InChI is InChI=1S/C17H18Cl2N2O2S.ClH/c18-15-7-4-8-16(19)17(15)24(22,23)21-10-13(9-20)14(11-21)12-5-2-1-3-6-12;/h1-8,13-14H,9-11,20H2;1H/t13-,14+;/m1./s1. The Balaban J connectivity index is 0.00000225. The van der Waals surface area contributed by atoms with E-state index in [0.717, 1.165) is 5.56 Å². The van der Waals surface area contributed by atoms with E-state index in [1.54, 1.807) is 6.07 Å². The van der Waals surface area contributed by atoms with Gasteiger partial charge in [0.1, 0.15) is 4.90 Å². The van der Waals surface area contributed by atoms with Gasteiger partial charge in [0.15, 0.2) is 0 Å². The predicted octanol–water partition coefficient (Wildman–Crippen LogP) is 3.78. The molecule has 1 fully saturated rings. The molecular formula is C17H19Cl3N2O2S. The number of nitrogens with zero attached hydrogens (tertiary/aromatic N) is 1. The maximum absolute atomic E-state index is 13.0. The molecule has 0 unspecified atom stereocenters. The van der Waals surface area contributed by atoms with Crippen LogP contribution in [-0.4, -0.2) is 32.4 Å². The van der Waals surface area contributed by atoms with Crippen molar-refractivity contribution in [3.8, 4) is 0 Å². The molecule has 2 atom stereocenters. The van der Waals surface area contributed by atoms with Crippen molar-refractivity contribution in [1.82, 2.24) is 4.31 Å². The summed E-state index contributed by atoms with van der Waals surface area (Å²) in [5.74, 6) is 0.121. The molecule has 25 heavy (non-hydrogen) atoms. The molecule has 1 aliphatic rings. The minimum atomic E-state index is -3.77. The van der Waals surface area contributed by atoms with Crippen LogP contribution in [0.2, 0.25) is 10.0 Å². The third-order valence-corrected chi connectivity index (χ3v) is 7.24. The largest absolute Gasteiger partial charge is 0.330 e. The van der Waals surface area contributed by atoms with E-state index in [2.05, 4.69) is 0 Å². The first-order valence-electron chi connectivity index (χ1n) is 7.64. The summed E-state index contributed by atoms with van der Waals surface area (Å²) in [6.07, 6.45) is 0. The number of rotatable bonds is 4. The molecule has 136 valence electrons. The highest BCUT2D eigenvalue weighted by atomic mass is 35.5. The van der Waals surface area contributed by atoms with Crippen molar-refractivity contribution >= 4 is 45.6 Å². The van der Waals surface area contributed by atoms with Crippen molar-refractivity contribution in [2.24, 2.45) is 11.7 Å². The number of nitrogens with two attached hydrogens (primary N) is 1. The summed E-state index contributed by atoms with van der Waals surface area (Å²) in [4.78, 5) is -0.0298. The van der Waals surface area contributed by atoms with Gasteiger partial charge in [0.25, 0.3) is 0 Å². The molecule has 0 radical (unpaired) electrons. The molecule has 0 aromatic heterocycles. The monoisotopic (exact) mass is 420 g/mol. The number of halogens is 3. The van der Waals surface area contributed by atoms with Gasteiger partial charge in [0.2, 0.25) is 10.0 Å². The molecule has 1 heterocycles. The smallest absolute Gasteiger partial charge is 0.246 e. The van der Waals surface area contributed by atoms with E-state index in [1.807, 2.05) is 30.3 Å². The van der Waals surface area contributed by atoms with Gasteiger partial charge in [-0.05, 0) is 30.2 Å². The van der Waals surface area contributed by atoms with E-state index in [0.29, 0.717) is 19.6 Å². The molecule has 2 aromatic rings. The summed E-state index contributed by atoms with van der Waals surface area (Å²) in [6.45, 7) is 1.15. The van der Waals surface area contributed by atoms with Crippen LogP contribution >= 0.6 is 35.6 Å². The van der Waals surface area contributed by atoms with Crippen molar-refractivity contribution in [1.29, 1.82) is 0 Å². The topological polar surface area (TPSA) is 63.4 Å². The van der Waals surface area contributed by atoms with Crippen molar-refractivity contribution < 1.29 is 8.42 Å². The van der Waals surface area contributed by atoms with Gasteiger partial charge >= 0.3 is 0 Å². The Morgan fingerprint density at radius 3 is 2.16 bits per heavy atom. The van der Waals surface area contributed by atoms with E-state index < -0.39 is 10.0 Å². The lowest BCUT2D eigenvalue weighted by molar-refractivity contribution is 0.459. The number of sulfonamides is 1. The van der Waals surface area contributed by atoms with Gasteiger partial charge in [-0.3, -0.25) is 0 Å². The zero-order valence-corrected chi connectivity index (χ0v) is 16.5. The van der Waals surface area contributed by atoms with Crippen LogP contribution in [0.25, 0.3) is 0 Å². The summed E-state index contributed by atoms with van der Waals surface area (Å²) >= 11 is 12.2. The molecule has 0 bridgehead atoms. The van der Waals surface area contributed by atoms with Crippen LogP contribution in [0.1, 0.15) is 11.5 Å². The maximum Gasteiger partial charge on any atom is 0.246 e. The average molecular weight is 422 g/mol. The van der Waals surface area contributed by atoms with E-state index >= 15 is 0 Å². The fourth-order valence-corrected chi connectivity index (χ4v) is 5.82. The molecule has 3 rings (SSSR count). The second-order valence-corrected chi connectivity index (χ2v) is 8.57. The Morgan fingerprint density at radius 2 is 1.60 bits per heavy atom. The van der Waals surface area contributed by atoms with Crippen LogP contribution in [0.15, 0.2) is 53.4 Å².